The Balaban J connectivity index is 2.06. The molecule has 0 amide bonds. The van der Waals surface area contributed by atoms with Crippen LogP contribution in [-0.4, -0.2) is 29.4 Å². The van der Waals surface area contributed by atoms with Gasteiger partial charge in [-0.15, -0.1) is 0 Å². The van der Waals surface area contributed by atoms with Crippen LogP contribution in [0.1, 0.15) is 18.4 Å². The summed E-state index contributed by atoms with van der Waals surface area (Å²) in [6.45, 7) is 0.417. The first-order chi connectivity index (χ1) is 7.24. The van der Waals surface area contributed by atoms with E-state index in [1.165, 1.54) is 0 Å². The summed E-state index contributed by atoms with van der Waals surface area (Å²) in [7, 11) is 1.64. The van der Waals surface area contributed by atoms with Gasteiger partial charge >= 0.3 is 0 Å². The number of aliphatic hydroxyl groups is 1. The first-order valence-corrected chi connectivity index (χ1v) is 5.35. The largest absolute Gasteiger partial charge is 0.387 e. The Morgan fingerprint density at radius 1 is 1.47 bits per heavy atom. The van der Waals surface area contributed by atoms with Crippen molar-refractivity contribution < 1.29 is 9.84 Å². The van der Waals surface area contributed by atoms with Gasteiger partial charge in [0.25, 0.3) is 0 Å². The second kappa shape index (κ2) is 4.29. The van der Waals surface area contributed by atoms with Gasteiger partial charge in [0, 0.05) is 25.9 Å². The van der Waals surface area contributed by atoms with Gasteiger partial charge in [0.15, 0.2) is 0 Å². The fourth-order valence-electron chi connectivity index (χ4n) is 2.04. The van der Waals surface area contributed by atoms with E-state index in [9.17, 15) is 5.11 Å². The summed E-state index contributed by atoms with van der Waals surface area (Å²) in [5.41, 5.74) is 0.437. The first-order valence-electron chi connectivity index (χ1n) is 5.35. The molecule has 1 heterocycles. The Kier molecular flexibility index (Phi) is 3.03. The lowest BCUT2D eigenvalue weighted by atomic mass is 9.91. The van der Waals surface area contributed by atoms with Gasteiger partial charge in [-0.1, -0.05) is 0 Å². The van der Waals surface area contributed by atoms with E-state index in [4.69, 9.17) is 4.74 Å². The van der Waals surface area contributed by atoms with E-state index < -0.39 is 5.60 Å². The van der Waals surface area contributed by atoms with Crippen molar-refractivity contribution >= 4 is 0 Å². The highest BCUT2D eigenvalue weighted by atomic mass is 16.5. The highest BCUT2D eigenvalue weighted by Crippen LogP contribution is 2.41. The van der Waals surface area contributed by atoms with Crippen LogP contribution in [0.2, 0.25) is 0 Å². The zero-order valence-electron chi connectivity index (χ0n) is 9.02. The average Bonchev–Trinajstić information content (AvgIpc) is 3.02. The van der Waals surface area contributed by atoms with Crippen molar-refractivity contribution in [2.45, 2.75) is 24.9 Å². The van der Waals surface area contributed by atoms with E-state index in [0.29, 0.717) is 18.9 Å². The number of rotatable bonds is 5. The molecule has 1 fully saturated rings. The second-order valence-electron chi connectivity index (χ2n) is 4.34. The molecule has 0 radical (unpaired) electrons. The summed E-state index contributed by atoms with van der Waals surface area (Å²) in [6.07, 6.45) is 6.41. The van der Waals surface area contributed by atoms with E-state index in [1.807, 2.05) is 12.1 Å². The Morgan fingerprint density at radius 2 is 2.13 bits per heavy atom. The summed E-state index contributed by atoms with van der Waals surface area (Å²) in [5, 5.41) is 10.5. The normalized spacial score (nSPS) is 19.9. The lowest BCUT2D eigenvalue weighted by Crippen LogP contribution is -2.39. The Hall–Kier alpha value is -0.930. The third-order valence-corrected chi connectivity index (χ3v) is 2.99. The molecule has 15 heavy (non-hydrogen) atoms. The van der Waals surface area contributed by atoms with Crippen molar-refractivity contribution in [1.29, 1.82) is 0 Å². The molecule has 0 bridgehead atoms. The highest BCUT2D eigenvalue weighted by molar-refractivity contribution is 5.15. The number of aromatic nitrogens is 1. The molecule has 2 rings (SSSR count). The molecule has 1 aliphatic rings. The van der Waals surface area contributed by atoms with Crippen LogP contribution in [0, 0.1) is 5.92 Å². The minimum atomic E-state index is -0.684. The maximum absolute atomic E-state index is 10.5. The summed E-state index contributed by atoms with van der Waals surface area (Å²) >= 11 is 0. The highest BCUT2D eigenvalue weighted by Gasteiger charge is 2.43. The van der Waals surface area contributed by atoms with Crippen LogP contribution < -0.4 is 0 Å². The van der Waals surface area contributed by atoms with E-state index in [1.54, 1.807) is 19.5 Å². The van der Waals surface area contributed by atoms with Gasteiger partial charge in [-0.2, -0.15) is 0 Å². The summed E-state index contributed by atoms with van der Waals surface area (Å²) in [4.78, 5) is 3.97. The average molecular weight is 207 g/mol. The van der Waals surface area contributed by atoms with Gasteiger partial charge in [0.1, 0.15) is 0 Å². The van der Waals surface area contributed by atoms with Gasteiger partial charge in [-0.3, -0.25) is 4.98 Å². The predicted octanol–water partition coefficient (Wildman–Crippen LogP) is 1.41. The first kappa shape index (κ1) is 10.6. The van der Waals surface area contributed by atoms with E-state index in [-0.39, 0.29) is 0 Å². The van der Waals surface area contributed by atoms with Crippen molar-refractivity contribution in [3.8, 4) is 0 Å². The molecule has 3 nitrogen and oxygen atoms in total. The number of ether oxygens (including phenoxy) is 1. The molecule has 0 aromatic carbocycles. The van der Waals surface area contributed by atoms with E-state index in [0.717, 1.165) is 18.4 Å². The van der Waals surface area contributed by atoms with Crippen molar-refractivity contribution in [1.82, 2.24) is 4.98 Å². The Morgan fingerprint density at radius 3 is 2.67 bits per heavy atom. The fourth-order valence-corrected chi connectivity index (χ4v) is 2.04. The molecular weight excluding hydrogens is 190 g/mol. The molecule has 0 saturated heterocycles. The number of hydrogen-bond donors (Lipinski definition) is 1. The zero-order valence-corrected chi connectivity index (χ0v) is 9.02. The molecule has 1 atom stereocenters. The topological polar surface area (TPSA) is 42.4 Å². The Bertz CT molecular complexity index is 311. The molecule has 0 aliphatic heterocycles. The predicted molar refractivity (Wildman–Crippen MR) is 57.5 cm³/mol. The molecule has 1 aliphatic carbocycles. The van der Waals surface area contributed by atoms with Gasteiger partial charge in [-0.25, -0.2) is 0 Å². The molecule has 1 saturated carbocycles. The lowest BCUT2D eigenvalue weighted by molar-refractivity contribution is -0.0474. The van der Waals surface area contributed by atoms with Crippen LogP contribution in [-0.2, 0) is 11.2 Å². The van der Waals surface area contributed by atoms with Crippen LogP contribution in [0.15, 0.2) is 24.5 Å². The molecule has 0 spiro atoms. The summed E-state index contributed by atoms with van der Waals surface area (Å²) < 4.78 is 5.11. The zero-order chi connectivity index (χ0) is 10.7. The molecule has 3 heteroatoms. The quantitative estimate of drug-likeness (QED) is 0.793. The van der Waals surface area contributed by atoms with Gasteiger partial charge in [0.05, 0.1) is 12.2 Å². The van der Waals surface area contributed by atoms with Crippen molar-refractivity contribution in [2.24, 2.45) is 5.92 Å². The molecular formula is C12H17NO2. The third-order valence-electron chi connectivity index (χ3n) is 2.99. The fraction of sp³-hybridized carbons (Fsp3) is 0.583. The number of nitrogens with zero attached hydrogens (tertiary/aromatic N) is 1. The maximum Gasteiger partial charge on any atom is 0.0947 e. The van der Waals surface area contributed by atoms with Crippen LogP contribution in [0.5, 0.6) is 0 Å². The van der Waals surface area contributed by atoms with Crippen molar-refractivity contribution in [3.05, 3.63) is 30.1 Å². The number of pyridine rings is 1. The number of methoxy groups -OCH3 is 1. The summed E-state index contributed by atoms with van der Waals surface area (Å²) in [6, 6.07) is 3.89. The minimum Gasteiger partial charge on any atom is -0.387 e. The molecule has 1 aromatic rings. The molecule has 1 N–H and O–H groups in total. The van der Waals surface area contributed by atoms with Crippen LogP contribution >= 0.6 is 0 Å². The van der Waals surface area contributed by atoms with E-state index in [2.05, 4.69) is 4.98 Å². The maximum atomic E-state index is 10.5. The van der Waals surface area contributed by atoms with Crippen molar-refractivity contribution in [2.75, 3.05) is 13.7 Å². The summed E-state index contributed by atoms with van der Waals surface area (Å²) in [5.74, 6) is 0.408. The van der Waals surface area contributed by atoms with Gasteiger partial charge < -0.3 is 9.84 Å². The number of hydrogen-bond acceptors (Lipinski definition) is 3. The van der Waals surface area contributed by atoms with Gasteiger partial charge in [-0.05, 0) is 36.5 Å². The lowest BCUT2D eigenvalue weighted by Gasteiger charge is -2.27. The monoisotopic (exact) mass is 207 g/mol. The van der Waals surface area contributed by atoms with E-state index >= 15 is 0 Å². The molecule has 1 unspecified atom stereocenters. The standard InChI is InChI=1S/C12H17NO2/c1-15-9-12(14,11-2-3-11)8-10-4-6-13-7-5-10/h4-7,11,14H,2-3,8-9H2,1H3. The molecule has 1 aromatic heterocycles. The van der Waals surface area contributed by atoms with Gasteiger partial charge in [0.2, 0.25) is 0 Å². The Labute approximate surface area is 90.1 Å². The SMILES string of the molecule is COCC(O)(Cc1ccncc1)C1CC1. The minimum absolute atomic E-state index is 0.408. The van der Waals surface area contributed by atoms with Crippen LogP contribution in [0.3, 0.4) is 0 Å². The van der Waals surface area contributed by atoms with Crippen molar-refractivity contribution in [3.63, 3.8) is 0 Å². The third kappa shape index (κ3) is 2.55. The molecule has 82 valence electrons. The second-order valence-corrected chi connectivity index (χ2v) is 4.34. The van der Waals surface area contributed by atoms with Crippen LogP contribution in [0.4, 0.5) is 0 Å². The van der Waals surface area contributed by atoms with Crippen LogP contribution in [0.25, 0.3) is 0 Å². The smallest absolute Gasteiger partial charge is 0.0947 e.